The molecule has 2 aromatic rings. The Balaban J connectivity index is 2.16. The van der Waals surface area contributed by atoms with Crippen LogP contribution in [0.1, 0.15) is 10.4 Å². The molecule has 2 aromatic carbocycles. The monoisotopic (exact) mass is 408 g/mol. The third kappa shape index (κ3) is 4.31. The summed E-state index contributed by atoms with van der Waals surface area (Å²) in [5.41, 5.74) is 1.12. The third-order valence-electron chi connectivity index (χ3n) is 2.57. The normalized spacial score (nSPS) is 9.76. The average Bonchev–Trinajstić information content (AvgIpc) is 2.48. The quantitative estimate of drug-likeness (QED) is 0.815. The molecule has 6 heteroatoms. The van der Waals surface area contributed by atoms with Gasteiger partial charge in [0.25, 0.3) is 5.91 Å². The van der Waals surface area contributed by atoms with Crippen LogP contribution in [0.25, 0.3) is 0 Å². The minimum Gasteiger partial charge on any atom is -0.479 e. The number of amides is 1. The van der Waals surface area contributed by atoms with Gasteiger partial charge in [-0.05, 0) is 46.3 Å². The van der Waals surface area contributed by atoms with E-state index in [1.165, 1.54) is 0 Å². The summed E-state index contributed by atoms with van der Waals surface area (Å²) < 4.78 is 6.73. The Labute approximate surface area is 139 Å². The Morgan fingerprint density at radius 3 is 2.81 bits per heavy atom. The van der Waals surface area contributed by atoms with Crippen LogP contribution in [-0.4, -0.2) is 12.5 Å². The Hall–Kier alpha value is -1.84. The maximum atomic E-state index is 12.3. The summed E-state index contributed by atoms with van der Waals surface area (Å²) in [4.78, 5) is 12.3. The van der Waals surface area contributed by atoms with Crippen molar-refractivity contribution in [3.8, 4) is 11.8 Å². The summed E-state index contributed by atoms with van der Waals surface area (Å²) in [6.45, 7) is -0.0332. The number of halogens is 2. The SMILES string of the molecule is N#CCOc1cccc(NC(=O)c2cc(Br)ccc2Br)c1. The van der Waals surface area contributed by atoms with Crippen LogP contribution in [0.3, 0.4) is 0 Å². The molecule has 2 rings (SSSR count). The van der Waals surface area contributed by atoms with Gasteiger partial charge in [0, 0.05) is 20.7 Å². The Morgan fingerprint density at radius 1 is 1.24 bits per heavy atom. The van der Waals surface area contributed by atoms with Crippen molar-refractivity contribution in [3.63, 3.8) is 0 Å². The second-order valence-electron chi connectivity index (χ2n) is 4.05. The molecule has 0 aromatic heterocycles. The summed E-state index contributed by atoms with van der Waals surface area (Å²) in [5.74, 6) is 0.295. The molecule has 0 fully saturated rings. The highest BCUT2D eigenvalue weighted by molar-refractivity contribution is 9.11. The number of hydrogen-bond donors (Lipinski definition) is 1. The fraction of sp³-hybridized carbons (Fsp3) is 0.0667. The molecular formula is C15H10Br2N2O2. The lowest BCUT2D eigenvalue weighted by atomic mass is 10.2. The number of nitrogens with one attached hydrogen (secondary N) is 1. The number of nitriles is 1. The number of nitrogens with zero attached hydrogens (tertiary/aromatic N) is 1. The van der Waals surface area contributed by atoms with Gasteiger partial charge in [-0.3, -0.25) is 4.79 Å². The van der Waals surface area contributed by atoms with Crippen molar-refractivity contribution in [2.45, 2.75) is 0 Å². The van der Waals surface area contributed by atoms with E-state index in [0.29, 0.717) is 21.5 Å². The van der Waals surface area contributed by atoms with Crippen molar-refractivity contribution in [3.05, 3.63) is 57.0 Å². The maximum absolute atomic E-state index is 12.3. The average molecular weight is 410 g/mol. The predicted molar refractivity (Wildman–Crippen MR) is 87.3 cm³/mol. The van der Waals surface area contributed by atoms with E-state index in [1.54, 1.807) is 36.4 Å². The Bertz CT molecular complexity index is 711. The van der Waals surface area contributed by atoms with Crippen LogP contribution in [0.15, 0.2) is 51.4 Å². The van der Waals surface area contributed by atoms with Crippen LogP contribution in [0.4, 0.5) is 5.69 Å². The first-order chi connectivity index (χ1) is 10.1. The van der Waals surface area contributed by atoms with Crippen LogP contribution in [0, 0.1) is 11.3 Å². The van der Waals surface area contributed by atoms with E-state index in [-0.39, 0.29) is 12.5 Å². The summed E-state index contributed by atoms with van der Waals surface area (Å²) in [6, 6.07) is 14.2. The fourth-order valence-electron chi connectivity index (χ4n) is 1.65. The summed E-state index contributed by atoms with van der Waals surface area (Å²) in [6.07, 6.45) is 0. The smallest absolute Gasteiger partial charge is 0.256 e. The van der Waals surface area contributed by atoms with E-state index in [2.05, 4.69) is 37.2 Å². The standard InChI is InChI=1S/C15H10Br2N2O2/c16-10-4-5-14(17)13(8-10)15(20)19-11-2-1-3-12(9-11)21-7-6-18/h1-5,8-9H,7H2,(H,19,20). The zero-order chi connectivity index (χ0) is 15.2. The van der Waals surface area contributed by atoms with Crippen molar-refractivity contribution in [2.75, 3.05) is 11.9 Å². The number of rotatable bonds is 4. The van der Waals surface area contributed by atoms with Gasteiger partial charge in [-0.25, -0.2) is 0 Å². The molecule has 0 saturated carbocycles. The van der Waals surface area contributed by atoms with Crippen LogP contribution in [0.2, 0.25) is 0 Å². The number of benzene rings is 2. The number of ether oxygens (including phenoxy) is 1. The molecule has 0 heterocycles. The largest absolute Gasteiger partial charge is 0.479 e. The minimum atomic E-state index is -0.236. The van der Waals surface area contributed by atoms with E-state index in [9.17, 15) is 4.79 Å². The van der Waals surface area contributed by atoms with Gasteiger partial charge in [0.05, 0.1) is 5.56 Å². The predicted octanol–water partition coefficient (Wildman–Crippen LogP) is 4.37. The lowest BCUT2D eigenvalue weighted by Gasteiger charge is -2.09. The Morgan fingerprint density at radius 2 is 2.05 bits per heavy atom. The fourth-order valence-corrected chi connectivity index (χ4v) is 2.44. The second kappa shape index (κ2) is 7.25. The second-order valence-corrected chi connectivity index (χ2v) is 5.82. The molecule has 0 unspecified atom stereocenters. The first kappa shape index (κ1) is 15.5. The zero-order valence-electron chi connectivity index (χ0n) is 10.8. The van der Waals surface area contributed by atoms with Crippen molar-refractivity contribution >= 4 is 43.5 Å². The summed E-state index contributed by atoms with van der Waals surface area (Å²) in [5, 5.41) is 11.3. The Kier molecular flexibility index (Phi) is 5.37. The molecule has 0 aliphatic rings. The van der Waals surface area contributed by atoms with Gasteiger partial charge >= 0.3 is 0 Å². The topological polar surface area (TPSA) is 62.1 Å². The molecule has 4 nitrogen and oxygen atoms in total. The molecule has 0 aliphatic carbocycles. The first-order valence-corrected chi connectivity index (χ1v) is 7.55. The molecule has 0 bridgehead atoms. The zero-order valence-corrected chi connectivity index (χ0v) is 13.9. The van der Waals surface area contributed by atoms with Gasteiger partial charge in [-0.15, -0.1) is 0 Å². The van der Waals surface area contributed by atoms with E-state index in [1.807, 2.05) is 12.1 Å². The van der Waals surface area contributed by atoms with Crippen molar-refractivity contribution in [2.24, 2.45) is 0 Å². The van der Waals surface area contributed by atoms with Crippen LogP contribution >= 0.6 is 31.9 Å². The highest BCUT2D eigenvalue weighted by atomic mass is 79.9. The molecule has 0 aliphatic heterocycles. The number of carbonyl (C=O) groups excluding carboxylic acids is 1. The van der Waals surface area contributed by atoms with E-state index >= 15 is 0 Å². The van der Waals surface area contributed by atoms with E-state index in [4.69, 9.17) is 10.00 Å². The maximum Gasteiger partial charge on any atom is 0.256 e. The molecule has 0 spiro atoms. The summed E-state index contributed by atoms with van der Waals surface area (Å²) in [7, 11) is 0. The summed E-state index contributed by atoms with van der Waals surface area (Å²) >= 11 is 6.69. The third-order valence-corrected chi connectivity index (χ3v) is 3.75. The molecular weight excluding hydrogens is 400 g/mol. The van der Waals surface area contributed by atoms with E-state index in [0.717, 1.165) is 4.47 Å². The molecule has 1 N–H and O–H groups in total. The lowest BCUT2D eigenvalue weighted by Crippen LogP contribution is -2.12. The first-order valence-electron chi connectivity index (χ1n) is 5.96. The van der Waals surface area contributed by atoms with E-state index < -0.39 is 0 Å². The van der Waals surface area contributed by atoms with Crippen LogP contribution in [-0.2, 0) is 0 Å². The van der Waals surface area contributed by atoms with Gasteiger partial charge < -0.3 is 10.1 Å². The lowest BCUT2D eigenvalue weighted by molar-refractivity contribution is 0.102. The number of anilines is 1. The minimum absolute atomic E-state index is 0.0332. The van der Waals surface area contributed by atoms with Crippen LogP contribution in [0.5, 0.6) is 5.75 Å². The molecule has 0 atom stereocenters. The molecule has 21 heavy (non-hydrogen) atoms. The molecule has 0 radical (unpaired) electrons. The van der Waals surface area contributed by atoms with Crippen molar-refractivity contribution in [1.82, 2.24) is 0 Å². The van der Waals surface area contributed by atoms with Crippen molar-refractivity contribution < 1.29 is 9.53 Å². The highest BCUT2D eigenvalue weighted by Crippen LogP contribution is 2.23. The van der Waals surface area contributed by atoms with Gasteiger partial charge in [0.2, 0.25) is 0 Å². The van der Waals surface area contributed by atoms with Crippen molar-refractivity contribution in [1.29, 1.82) is 5.26 Å². The molecule has 1 amide bonds. The van der Waals surface area contributed by atoms with Gasteiger partial charge in [0.15, 0.2) is 6.61 Å². The van der Waals surface area contributed by atoms with Gasteiger partial charge in [-0.1, -0.05) is 22.0 Å². The van der Waals surface area contributed by atoms with Gasteiger partial charge in [-0.2, -0.15) is 5.26 Å². The molecule has 106 valence electrons. The van der Waals surface area contributed by atoms with Crippen LogP contribution < -0.4 is 10.1 Å². The molecule has 0 saturated heterocycles. The number of hydrogen-bond acceptors (Lipinski definition) is 3. The highest BCUT2D eigenvalue weighted by Gasteiger charge is 2.11. The van der Waals surface area contributed by atoms with Gasteiger partial charge in [0.1, 0.15) is 11.8 Å². The number of carbonyl (C=O) groups is 1.